The van der Waals surface area contributed by atoms with Crippen LogP contribution in [0.1, 0.15) is 13.3 Å². The van der Waals surface area contributed by atoms with Crippen molar-refractivity contribution in [3.63, 3.8) is 0 Å². The van der Waals surface area contributed by atoms with Crippen molar-refractivity contribution in [3.8, 4) is 0 Å². The number of hydrogen-bond acceptors (Lipinski definition) is 4. The van der Waals surface area contributed by atoms with E-state index < -0.39 is 21.7 Å². The topological polar surface area (TPSA) is 98.5 Å². The summed E-state index contributed by atoms with van der Waals surface area (Å²) < 4.78 is 40.5. The molecule has 6 nitrogen and oxygen atoms in total. The lowest BCUT2D eigenvalue weighted by Crippen LogP contribution is -2.16. The summed E-state index contributed by atoms with van der Waals surface area (Å²) in [6.45, 7) is 2.52. The highest BCUT2D eigenvalue weighted by Crippen LogP contribution is 2.18. The highest BCUT2D eigenvalue weighted by atomic mass is 32.2. The van der Waals surface area contributed by atoms with Crippen molar-refractivity contribution in [2.45, 2.75) is 18.2 Å². The molecule has 8 heteroatoms. The van der Waals surface area contributed by atoms with Crippen LogP contribution in [-0.4, -0.2) is 27.5 Å². The van der Waals surface area contributed by atoms with Crippen LogP contribution < -0.4 is 10.5 Å². The van der Waals surface area contributed by atoms with E-state index in [-0.39, 0.29) is 23.6 Å². The van der Waals surface area contributed by atoms with E-state index in [1.165, 1.54) is 0 Å². The van der Waals surface area contributed by atoms with E-state index >= 15 is 0 Å². The second kappa shape index (κ2) is 6.60. The van der Waals surface area contributed by atoms with Crippen molar-refractivity contribution in [2.24, 2.45) is 5.14 Å². The van der Waals surface area contributed by atoms with Gasteiger partial charge in [0.15, 0.2) is 0 Å². The number of anilines is 1. The molecule has 0 unspecified atom stereocenters. The number of nitrogens with one attached hydrogen (secondary N) is 1. The van der Waals surface area contributed by atoms with E-state index in [9.17, 15) is 17.6 Å². The first-order chi connectivity index (χ1) is 8.84. The number of nitrogens with two attached hydrogens (primary N) is 1. The van der Waals surface area contributed by atoms with Gasteiger partial charge in [-0.2, -0.15) is 0 Å². The molecule has 0 heterocycles. The van der Waals surface area contributed by atoms with Gasteiger partial charge in [-0.3, -0.25) is 4.79 Å². The van der Waals surface area contributed by atoms with Crippen LogP contribution in [0.4, 0.5) is 10.1 Å². The molecule has 0 saturated carbocycles. The normalized spacial score (nSPS) is 11.3. The predicted octanol–water partition coefficient (Wildman–Crippen LogP) is 0.838. The molecule has 0 bridgehead atoms. The standard InChI is InChI=1S/C11H15FN2O4S/c1-2-18-6-5-11(15)14-10-4-3-8(7-9(10)12)19(13,16)17/h3-4,7H,2,5-6H2,1H3,(H,14,15)(H2,13,16,17). The van der Waals surface area contributed by atoms with Crippen LogP contribution >= 0.6 is 0 Å². The lowest BCUT2D eigenvalue weighted by atomic mass is 10.3. The van der Waals surface area contributed by atoms with Crippen LogP contribution in [0, 0.1) is 5.82 Å². The van der Waals surface area contributed by atoms with E-state index in [2.05, 4.69) is 5.32 Å². The molecule has 0 aliphatic carbocycles. The van der Waals surface area contributed by atoms with Gasteiger partial charge in [-0.15, -0.1) is 0 Å². The Morgan fingerprint density at radius 2 is 2.16 bits per heavy atom. The molecule has 106 valence electrons. The molecule has 0 saturated heterocycles. The van der Waals surface area contributed by atoms with Gasteiger partial charge in [0, 0.05) is 6.61 Å². The minimum Gasteiger partial charge on any atom is -0.381 e. The summed E-state index contributed by atoms with van der Waals surface area (Å²) in [6.07, 6.45) is 0.0875. The first-order valence-electron chi connectivity index (χ1n) is 5.54. The van der Waals surface area contributed by atoms with Gasteiger partial charge in [0.25, 0.3) is 0 Å². The third-order valence-electron chi connectivity index (χ3n) is 2.22. The maximum atomic E-state index is 13.6. The molecule has 0 aliphatic rings. The summed E-state index contributed by atoms with van der Waals surface area (Å²) in [4.78, 5) is 11.1. The number of rotatable bonds is 6. The third-order valence-corrected chi connectivity index (χ3v) is 3.13. The van der Waals surface area contributed by atoms with Crippen LogP contribution in [0.15, 0.2) is 23.1 Å². The van der Waals surface area contributed by atoms with Crippen molar-refractivity contribution in [2.75, 3.05) is 18.5 Å². The maximum Gasteiger partial charge on any atom is 0.238 e. The smallest absolute Gasteiger partial charge is 0.238 e. The summed E-state index contributed by atoms with van der Waals surface area (Å²) in [5.41, 5.74) is -0.103. The maximum absolute atomic E-state index is 13.6. The van der Waals surface area contributed by atoms with E-state index in [0.29, 0.717) is 6.61 Å². The van der Waals surface area contributed by atoms with E-state index in [1.54, 1.807) is 6.92 Å². The fraction of sp³-hybridized carbons (Fsp3) is 0.364. The summed E-state index contributed by atoms with van der Waals surface area (Å²) >= 11 is 0. The van der Waals surface area contributed by atoms with Crippen LogP contribution in [-0.2, 0) is 19.6 Å². The van der Waals surface area contributed by atoms with Gasteiger partial charge >= 0.3 is 0 Å². The van der Waals surface area contributed by atoms with Gasteiger partial charge in [-0.25, -0.2) is 17.9 Å². The number of hydrogen-bond donors (Lipinski definition) is 2. The third kappa shape index (κ3) is 4.93. The van der Waals surface area contributed by atoms with E-state index in [4.69, 9.17) is 9.88 Å². The predicted molar refractivity (Wildman–Crippen MR) is 67.5 cm³/mol. The highest BCUT2D eigenvalue weighted by Gasteiger charge is 2.13. The molecular formula is C11H15FN2O4S. The Bertz CT molecular complexity index is 560. The fourth-order valence-corrected chi connectivity index (χ4v) is 1.82. The molecule has 0 aromatic heterocycles. The summed E-state index contributed by atoms with van der Waals surface area (Å²) in [6, 6.07) is 3.03. The number of sulfonamides is 1. The van der Waals surface area contributed by atoms with Gasteiger partial charge in [0.1, 0.15) is 5.82 Å². The highest BCUT2D eigenvalue weighted by molar-refractivity contribution is 7.89. The average molecular weight is 290 g/mol. The zero-order chi connectivity index (χ0) is 14.5. The number of carbonyl (C=O) groups excluding carboxylic acids is 1. The van der Waals surface area contributed by atoms with Crippen molar-refractivity contribution in [3.05, 3.63) is 24.0 Å². The summed E-state index contributed by atoms with van der Waals surface area (Å²) in [7, 11) is -3.96. The lowest BCUT2D eigenvalue weighted by Gasteiger charge is -2.07. The molecular weight excluding hydrogens is 275 g/mol. The second-order valence-corrected chi connectivity index (χ2v) is 5.24. The van der Waals surface area contributed by atoms with Crippen LogP contribution in [0.2, 0.25) is 0 Å². The quantitative estimate of drug-likeness (QED) is 0.758. The molecule has 0 fully saturated rings. The van der Waals surface area contributed by atoms with Crippen LogP contribution in [0.5, 0.6) is 0 Å². The van der Waals surface area contributed by atoms with E-state index in [0.717, 1.165) is 18.2 Å². The number of amides is 1. The Kier molecular flexibility index (Phi) is 5.40. The minimum absolute atomic E-state index is 0.0875. The number of halogens is 1. The van der Waals surface area contributed by atoms with Gasteiger partial charge in [0.05, 0.1) is 23.6 Å². The van der Waals surface area contributed by atoms with Crippen molar-refractivity contribution in [1.82, 2.24) is 0 Å². The van der Waals surface area contributed by atoms with Gasteiger partial charge < -0.3 is 10.1 Å². The molecule has 3 N–H and O–H groups in total. The fourth-order valence-electron chi connectivity index (χ4n) is 1.30. The first-order valence-corrected chi connectivity index (χ1v) is 7.09. The average Bonchev–Trinajstić information content (AvgIpc) is 2.31. The first kappa shape index (κ1) is 15.5. The van der Waals surface area contributed by atoms with Gasteiger partial charge in [-0.05, 0) is 25.1 Å². The monoisotopic (exact) mass is 290 g/mol. The zero-order valence-corrected chi connectivity index (χ0v) is 11.2. The Morgan fingerprint density at radius 3 is 2.68 bits per heavy atom. The van der Waals surface area contributed by atoms with Crippen molar-refractivity contribution < 1.29 is 22.3 Å². The van der Waals surface area contributed by atoms with Crippen LogP contribution in [0.3, 0.4) is 0 Å². The molecule has 0 atom stereocenters. The van der Waals surface area contributed by atoms with Crippen molar-refractivity contribution >= 4 is 21.6 Å². The number of benzene rings is 1. The molecule has 1 aromatic carbocycles. The summed E-state index contributed by atoms with van der Waals surface area (Å²) in [5.74, 6) is -1.29. The van der Waals surface area contributed by atoms with E-state index in [1.807, 2.05) is 0 Å². The van der Waals surface area contributed by atoms with Gasteiger partial charge in [-0.1, -0.05) is 0 Å². The Hall–Kier alpha value is -1.51. The Morgan fingerprint density at radius 1 is 1.47 bits per heavy atom. The summed E-state index contributed by atoms with van der Waals surface area (Å²) in [5, 5.41) is 7.18. The molecule has 0 radical (unpaired) electrons. The molecule has 0 spiro atoms. The second-order valence-electron chi connectivity index (χ2n) is 3.68. The molecule has 19 heavy (non-hydrogen) atoms. The Balaban J connectivity index is 2.73. The largest absolute Gasteiger partial charge is 0.381 e. The molecule has 1 aromatic rings. The molecule has 1 rings (SSSR count). The number of ether oxygens (including phenoxy) is 1. The lowest BCUT2D eigenvalue weighted by molar-refractivity contribution is -0.117. The zero-order valence-electron chi connectivity index (χ0n) is 10.3. The number of carbonyl (C=O) groups is 1. The van der Waals surface area contributed by atoms with Crippen molar-refractivity contribution in [1.29, 1.82) is 0 Å². The number of primary sulfonamides is 1. The SMILES string of the molecule is CCOCCC(=O)Nc1ccc(S(N)(=O)=O)cc1F. The van der Waals surface area contributed by atoms with Crippen LogP contribution in [0.25, 0.3) is 0 Å². The molecule has 1 amide bonds. The molecule has 0 aliphatic heterocycles. The van der Waals surface area contributed by atoms with Gasteiger partial charge in [0.2, 0.25) is 15.9 Å². The Labute approximate surface area is 110 Å². The minimum atomic E-state index is -3.96.